The Balaban J connectivity index is 1.47. The number of hydrogen-bond donors (Lipinski definition) is 2. The molecule has 164 valence electrons. The molecular formula is C23H20N2O6S. The molecule has 0 atom stereocenters. The van der Waals surface area contributed by atoms with Crippen LogP contribution in [0.15, 0.2) is 82.1 Å². The highest BCUT2D eigenvalue weighted by atomic mass is 32.2. The van der Waals surface area contributed by atoms with Gasteiger partial charge in [-0.25, -0.2) is 8.42 Å². The molecule has 0 bridgehead atoms. The topological polar surface area (TPSA) is 107 Å². The molecule has 1 amide bonds. The standard InChI is InChI=1S/C23H20N2O6S/c1-29-18-10-6-17(7-11-18)25-32(27,28)19-12-8-16(9-13-19)24-23(26)21-14-15-4-3-5-20(30-2)22(15)31-21/h3-14,25H,1-2H3,(H,24,26). The molecule has 0 fully saturated rings. The molecule has 9 heteroatoms. The fraction of sp³-hybridized carbons (Fsp3) is 0.0870. The van der Waals surface area contributed by atoms with Crippen molar-refractivity contribution in [3.63, 3.8) is 0 Å². The summed E-state index contributed by atoms with van der Waals surface area (Å²) in [6.07, 6.45) is 0. The second kappa shape index (κ2) is 8.64. The zero-order valence-electron chi connectivity index (χ0n) is 17.3. The Labute approximate surface area is 184 Å². The molecule has 1 heterocycles. The highest BCUT2D eigenvalue weighted by Crippen LogP contribution is 2.29. The summed E-state index contributed by atoms with van der Waals surface area (Å²) in [6.45, 7) is 0. The van der Waals surface area contributed by atoms with Gasteiger partial charge in [0.15, 0.2) is 17.1 Å². The first-order chi connectivity index (χ1) is 15.4. The van der Waals surface area contributed by atoms with Gasteiger partial charge in [-0.1, -0.05) is 12.1 Å². The van der Waals surface area contributed by atoms with Crippen molar-refractivity contribution in [3.05, 3.63) is 78.6 Å². The second-order valence-corrected chi connectivity index (χ2v) is 8.48. The van der Waals surface area contributed by atoms with Crippen molar-refractivity contribution in [2.45, 2.75) is 4.90 Å². The van der Waals surface area contributed by atoms with E-state index >= 15 is 0 Å². The molecule has 0 saturated carbocycles. The van der Waals surface area contributed by atoms with E-state index in [-0.39, 0.29) is 10.7 Å². The smallest absolute Gasteiger partial charge is 0.291 e. The van der Waals surface area contributed by atoms with E-state index in [0.717, 1.165) is 5.39 Å². The van der Waals surface area contributed by atoms with Crippen LogP contribution in [0.25, 0.3) is 11.0 Å². The Kier molecular flexibility index (Phi) is 5.74. The maximum Gasteiger partial charge on any atom is 0.291 e. The highest BCUT2D eigenvalue weighted by molar-refractivity contribution is 7.92. The Morgan fingerprint density at radius 1 is 0.875 bits per heavy atom. The summed E-state index contributed by atoms with van der Waals surface area (Å²) in [5.74, 6) is 0.800. The molecule has 0 aliphatic rings. The minimum atomic E-state index is -3.79. The Bertz CT molecular complexity index is 1360. The number of hydrogen-bond acceptors (Lipinski definition) is 6. The first kappa shape index (κ1) is 21.3. The molecule has 3 aromatic carbocycles. The van der Waals surface area contributed by atoms with E-state index in [0.29, 0.717) is 28.5 Å². The van der Waals surface area contributed by atoms with Gasteiger partial charge in [0.2, 0.25) is 0 Å². The van der Waals surface area contributed by atoms with Crippen LogP contribution in [0.1, 0.15) is 10.6 Å². The summed E-state index contributed by atoms with van der Waals surface area (Å²) < 4.78 is 43.7. The third kappa shape index (κ3) is 4.37. The fourth-order valence-corrected chi connectivity index (χ4v) is 4.15. The minimum Gasteiger partial charge on any atom is -0.497 e. The number of carbonyl (C=O) groups excluding carboxylic acids is 1. The van der Waals surface area contributed by atoms with Crippen molar-refractivity contribution in [3.8, 4) is 11.5 Å². The third-order valence-electron chi connectivity index (χ3n) is 4.72. The molecule has 32 heavy (non-hydrogen) atoms. The number of nitrogens with one attached hydrogen (secondary N) is 2. The van der Waals surface area contributed by atoms with Gasteiger partial charge in [0.1, 0.15) is 5.75 Å². The van der Waals surface area contributed by atoms with Crippen LogP contribution < -0.4 is 19.5 Å². The SMILES string of the molecule is COc1ccc(NS(=O)(=O)c2ccc(NC(=O)c3cc4cccc(OC)c4o3)cc2)cc1. The second-order valence-electron chi connectivity index (χ2n) is 6.80. The summed E-state index contributed by atoms with van der Waals surface area (Å²) in [7, 11) is -0.735. The zero-order chi connectivity index (χ0) is 22.7. The minimum absolute atomic E-state index is 0.0554. The van der Waals surface area contributed by atoms with Gasteiger partial charge in [0.05, 0.1) is 19.1 Å². The molecule has 8 nitrogen and oxygen atoms in total. The largest absolute Gasteiger partial charge is 0.497 e. The molecule has 0 aliphatic carbocycles. The van der Waals surface area contributed by atoms with Gasteiger partial charge in [-0.3, -0.25) is 9.52 Å². The average Bonchev–Trinajstić information content (AvgIpc) is 3.24. The molecule has 1 aromatic heterocycles. The van der Waals surface area contributed by atoms with Crippen molar-refractivity contribution in [1.29, 1.82) is 0 Å². The Hall–Kier alpha value is -3.98. The summed E-state index contributed by atoms with van der Waals surface area (Å²) in [4.78, 5) is 12.6. The summed E-state index contributed by atoms with van der Waals surface area (Å²) in [5.41, 5.74) is 1.31. The van der Waals surface area contributed by atoms with Crippen molar-refractivity contribution >= 4 is 38.3 Å². The number of benzene rings is 3. The summed E-state index contributed by atoms with van der Waals surface area (Å²) in [6, 6.07) is 19.3. The van der Waals surface area contributed by atoms with E-state index in [4.69, 9.17) is 13.9 Å². The highest BCUT2D eigenvalue weighted by Gasteiger charge is 2.17. The summed E-state index contributed by atoms with van der Waals surface area (Å²) in [5, 5.41) is 3.43. The number of fused-ring (bicyclic) bond motifs is 1. The van der Waals surface area contributed by atoms with Gasteiger partial charge in [-0.15, -0.1) is 0 Å². The van der Waals surface area contributed by atoms with Gasteiger partial charge in [0, 0.05) is 16.8 Å². The Morgan fingerprint density at radius 2 is 1.56 bits per heavy atom. The quantitative estimate of drug-likeness (QED) is 0.427. The van der Waals surface area contributed by atoms with Crippen molar-refractivity contribution in [1.82, 2.24) is 0 Å². The van der Waals surface area contributed by atoms with Crippen molar-refractivity contribution in [2.24, 2.45) is 0 Å². The van der Waals surface area contributed by atoms with Crippen LogP contribution in [0.3, 0.4) is 0 Å². The number of methoxy groups -OCH3 is 2. The maximum atomic E-state index is 12.6. The predicted octanol–water partition coefficient (Wildman–Crippen LogP) is 4.50. The summed E-state index contributed by atoms with van der Waals surface area (Å²) >= 11 is 0. The molecule has 0 radical (unpaired) electrons. The number of furan rings is 1. The van der Waals surface area contributed by atoms with Crippen LogP contribution >= 0.6 is 0 Å². The van der Waals surface area contributed by atoms with Gasteiger partial charge < -0.3 is 19.2 Å². The lowest BCUT2D eigenvalue weighted by atomic mass is 10.2. The van der Waals surface area contributed by atoms with Gasteiger partial charge in [0.25, 0.3) is 15.9 Å². The van der Waals surface area contributed by atoms with Crippen molar-refractivity contribution in [2.75, 3.05) is 24.3 Å². The normalized spacial score (nSPS) is 11.2. The molecule has 4 rings (SSSR count). The lowest BCUT2D eigenvalue weighted by Crippen LogP contribution is -2.14. The van der Waals surface area contributed by atoms with Gasteiger partial charge in [-0.2, -0.15) is 0 Å². The lowest BCUT2D eigenvalue weighted by Gasteiger charge is -2.10. The molecular weight excluding hydrogens is 432 g/mol. The molecule has 4 aromatic rings. The molecule has 0 aliphatic heterocycles. The number of anilines is 2. The predicted molar refractivity (Wildman–Crippen MR) is 121 cm³/mol. The van der Waals surface area contributed by atoms with Crippen LogP contribution in [0.4, 0.5) is 11.4 Å². The van der Waals surface area contributed by atoms with Crippen LogP contribution in [0.5, 0.6) is 11.5 Å². The number of ether oxygens (including phenoxy) is 2. The van der Waals surface area contributed by atoms with Gasteiger partial charge >= 0.3 is 0 Å². The third-order valence-corrected chi connectivity index (χ3v) is 6.11. The monoisotopic (exact) mass is 452 g/mol. The van der Waals surface area contributed by atoms with E-state index in [9.17, 15) is 13.2 Å². The van der Waals surface area contributed by atoms with E-state index in [1.807, 2.05) is 6.07 Å². The van der Waals surface area contributed by atoms with Crippen LogP contribution in [0.2, 0.25) is 0 Å². The van der Waals surface area contributed by atoms with Gasteiger partial charge in [-0.05, 0) is 60.7 Å². The Morgan fingerprint density at radius 3 is 2.22 bits per heavy atom. The average molecular weight is 452 g/mol. The fourth-order valence-electron chi connectivity index (χ4n) is 3.09. The molecule has 2 N–H and O–H groups in total. The number of para-hydroxylation sites is 1. The maximum absolute atomic E-state index is 12.6. The number of rotatable bonds is 7. The number of amides is 1. The first-order valence-corrected chi connectivity index (χ1v) is 11.0. The number of sulfonamides is 1. The van der Waals surface area contributed by atoms with Crippen LogP contribution in [0, 0.1) is 0 Å². The van der Waals surface area contributed by atoms with Crippen LogP contribution in [-0.4, -0.2) is 28.5 Å². The lowest BCUT2D eigenvalue weighted by molar-refractivity contribution is 0.0998. The van der Waals surface area contributed by atoms with E-state index in [1.54, 1.807) is 42.5 Å². The van der Waals surface area contributed by atoms with E-state index in [2.05, 4.69) is 10.0 Å². The molecule has 0 saturated heterocycles. The number of carbonyl (C=O) groups is 1. The van der Waals surface area contributed by atoms with E-state index < -0.39 is 15.9 Å². The first-order valence-electron chi connectivity index (χ1n) is 9.54. The molecule has 0 spiro atoms. The molecule has 0 unspecified atom stereocenters. The van der Waals surface area contributed by atoms with E-state index in [1.165, 1.54) is 38.5 Å². The van der Waals surface area contributed by atoms with Crippen LogP contribution in [-0.2, 0) is 10.0 Å². The zero-order valence-corrected chi connectivity index (χ0v) is 18.1. The van der Waals surface area contributed by atoms with Crippen molar-refractivity contribution < 1.29 is 27.1 Å².